The zero-order valence-electron chi connectivity index (χ0n) is 14.6. The van der Waals surface area contributed by atoms with Crippen molar-refractivity contribution in [1.82, 2.24) is 0 Å². The zero-order chi connectivity index (χ0) is 16.0. The van der Waals surface area contributed by atoms with Crippen LogP contribution in [0.1, 0.15) is 66.2 Å². The van der Waals surface area contributed by atoms with Gasteiger partial charge < -0.3 is 4.74 Å². The minimum absolute atomic E-state index is 0.155. The summed E-state index contributed by atoms with van der Waals surface area (Å²) in [5.41, 5.74) is 3.56. The highest BCUT2D eigenvalue weighted by molar-refractivity contribution is 5.85. The lowest BCUT2D eigenvalue weighted by molar-refractivity contribution is -0.134. The smallest absolute Gasteiger partial charge is 0.331 e. The number of rotatable bonds is 3. The van der Waals surface area contributed by atoms with Gasteiger partial charge in [-0.25, -0.2) is 4.79 Å². The van der Waals surface area contributed by atoms with Gasteiger partial charge in [-0.05, 0) is 73.7 Å². The Balaban J connectivity index is 1.81. The van der Waals surface area contributed by atoms with Gasteiger partial charge in [-0.3, -0.25) is 0 Å². The van der Waals surface area contributed by atoms with E-state index >= 15 is 0 Å². The van der Waals surface area contributed by atoms with E-state index in [1.165, 1.54) is 37.7 Å². The molecule has 0 spiro atoms. The molecule has 0 bridgehead atoms. The molecule has 3 aliphatic rings. The van der Waals surface area contributed by atoms with Crippen LogP contribution in [0.3, 0.4) is 0 Å². The normalized spacial score (nSPS) is 41.5. The van der Waals surface area contributed by atoms with Crippen LogP contribution in [0.5, 0.6) is 0 Å². The highest BCUT2D eigenvalue weighted by atomic mass is 16.5. The van der Waals surface area contributed by atoms with Gasteiger partial charge in [0.1, 0.15) is 6.61 Å². The molecule has 2 heteroatoms. The summed E-state index contributed by atoms with van der Waals surface area (Å²) in [6.45, 7) is 10.3. The molecule has 2 nitrogen and oxygen atoms in total. The zero-order valence-corrected chi connectivity index (χ0v) is 14.6. The van der Waals surface area contributed by atoms with Crippen LogP contribution in [0.25, 0.3) is 0 Å². The lowest BCUT2D eigenvalue weighted by Gasteiger charge is -2.58. The summed E-state index contributed by atoms with van der Waals surface area (Å²) >= 11 is 0. The molecule has 22 heavy (non-hydrogen) atoms. The van der Waals surface area contributed by atoms with Crippen LogP contribution in [0.15, 0.2) is 23.3 Å². The van der Waals surface area contributed by atoms with Gasteiger partial charge in [0, 0.05) is 6.08 Å². The Hall–Kier alpha value is -1.05. The summed E-state index contributed by atoms with van der Waals surface area (Å²) in [6, 6.07) is 0. The lowest BCUT2D eigenvalue weighted by Crippen LogP contribution is -2.49. The fourth-order valence-corrected chi connectivity index (χ4v) is 5.32. The summed E-state index contributed by atoms with van der Waals surface area (Å²) < 4.78 is 5.07. The summed E-state index contributed by atoms with van der Waals surface area (Å²) in [5.74, 6) is 1.38. The van der Waals surface area contributed by atoms with Crippen LogP contribution >= 0.6 is 0 Å². The molecule has 0 saturated heterocycles. The minimum Gasteiger partial charge on any atom is -0.458 e. The average Bonchev–Trinajstić information content (AvgIpc) is 2.90. The molecule has 0 N–H and O–H groups in total. The Morgan fingerprint density at radius 2 is 2.09 bits per heavy atom. The van der Waals surface area contributed by atoms with E-state index < -0.39 is 0 Å². The van der Waals surface area contributed by atoms with Crippen molar-refractivity contribution >= 4 is 5.97 Å². The third-order valence-electron chi connectivity index (χ3n) is 7.30. The molecule has 4 atom stereocenters. The molecule has 122 valence electrons. The van der Waals surface area contributed by atoms with Crippen LogP contribution in [-0.2, 0) is 9.53 Å². The van der Waals surface area contributed by atoms with Gasteiger partial charge in [0.15, 0.2) is 0 Å². The first kappa shape index (κ1) is 15.8. The quantitative estimate of drug-likeness (QED) is 0.539. The van der Waals surface area contributed by atoms with Gasteiger partial charge in [0.2, 0.25) is 0 Å². The molecule has 2 aliphatic carbocycles. The van der Waals surface area contributed by atoms with E-state index in [-0.39, 0.29) is 5.97 Å². The molecule has 3 rings (SSSR count). The number of esters is 1. The average molecular weight is 302 g/mol. The number of hydrogen-bond acceptors (Lipinski definition) is 2. The summed E-state index contributed by atoms with van der Waals surface area (Å²) in [6.07, 6.45) is 11.6. The van der Waals surface area contributed by atoms with Crippen molar-refractivity contribution in [3.63, 3.8) is 0 Å². The molecule has 0 radical (unpaired) electrons. The molecule has 0 amide bonds. The topological polar surface area (TPSA) is 26.3 Å². The molecule has 1 fully saturated rings. The molecule has 1 saturated carbocycles. The third-order valence-corrected chi connectivity index (χ3v) is 7.30. The van der Waals surface area contributed by atoms with Crippen LogP contribution in [0.4, 0.5) is 0 Å². The molecule has 0 aromatic carbocycles. The lowest BCUT2D eigenvalue weighted by atomic mass is 9.47. The molecular formula is C20H30O2. The van der Waals surface area contributed by atoms with Crippen molar-refractivity contribution in [2.24, 2.45) is 22.7 Å². The van der Waals surface area contributed by atoms with Gasteiger partial charge in [-0.15, -0.1) is 0 Å². The second-order valence-corrected chi connectivity index (χ2v) is 8.29. The monoisotopic (exact) mass is 302 g/mol. The van der Waals surface area contributed by atoms with Crippen molar-refractivity contribution in [2.45, 2.75) is 66.2 Å². The Kier molecular flexibility index (Phi) is 3.99. The van der Waals surface area contributed by atoms with Crippen LogP contribution in [0, 0.1) is 22.7 Å². The standard InChI is InChI=1S/C20H30O2/c1-14-6-5-7-17-19(14,3)10-8-15(2)20(17,4)11-9-16-12-18(21)22-13-16/h6,12,15,17H,5,7-11,13H2,1-4H3/t15-,17+,19+,20+/m1/s1. The summed E-state index contributed by atoms with van der Waals surface area (Å²) in [4.78, 5) is 11.3. The first-order valence-electron chi connectivity index (χ1n) is 8.90. The Labute approximate surface area is 135 Å². The molecule has 0 unspecified atom stereocenters. The van der Waals surface area contributed by atoms with Gasteiger partial charge in [0.05, 0.1) is 0 Å². The number of cyclic esters (lactones) is 1. The van der Waals surface area contributed by atoms with E-state index in [9.17, 15) is 4.79 Å². The number of hydrogen-bond donors (Lipinski definition) is 0. The van der Waals surface area contributed by atoms with Crippen molar-refractivity contribution < 1.29 is 9.53 Å². The molecular weight excluding hydrogens is 272 g/mol. The van der Waals surface area contributed by atoms with Crippen LogP contribution in [0.2, 0.25) is 0 Å². The van der Waals surface area contributed by atoms with E-state index in [2.05, 4.69) is 33.8 Å². The maximum Gasteiger partial charge on any atom is 0.331 e. The predicted octanol–water partition coefficient (Wildman–Crippen LogP) is 5.05. The van der Waals surface area contributed by atoms with E-state index in [1.807, 2.05) is 0 Å². The second-order valence-electron chi connectivity index (χ2n) is 8.29. The molecule has 0 aromatic heterocycles. The Morgan fingerprint density at radius 1 is 1.32 bits per heavy atom. The SMILES string of the molecule is CC1=CCC[C@@H]2[C@@](C)(CCC3=CC(=O)OC3)[C@H](C)CC[C@@]12C. The van der Waals surface area contributed by atoms with E-state index in [1.54, 1.807) is 11.6 Å². The molecule has 0 aromatic rings. The van der Waals surface area contributed by atoms with Gasteiger partial charge in [-0.2, -0.15) is 0 Å². The molecule has 1 heterocycles. The van der Waals surface area contributed by atoms with Crippen molar-refractivity contribution in [3.8, 4) is 0 Å². The first-order valence-corrected chi connectivity index (χ1v) is 8.90. The highest BCUT2D eigenvalue weighted by Gasteiger charge is 2.52. The van der Waals surface area contributed by atoms with Gasteiger partial charge >= 0.3 is 5.97 Å². The maximum absolute atomic E-state index is 11.3. The van der Waals surface area contributed by atoms with E-state index in [4.69, 9.17) is 4.74 Å². The third kappa shape index (κ3) is 2.45. The van der Waals surface area contributed by atoms with Gasteiger partial charge in [0.25, 0.3) is 0 Å². The van der Waals surface area contributed by atoms with Crippen LogP contribution in [-0.4, -0.2) is 12.6 Å². The fraction of sp³-hybridized carbons (Fsp3) is 0.750. The van der Waals surface area contributed by atoms with Crippen molar-refractivity contribution in [3.05, 3.63) is 23.3 Å². The minimum atomic E-state index is -0.155. The van der Waals surface area contributed by atoms with E-state index in [0.717, 1.165) is 18.3 Å². The summed E-state index contributed by atoms with van der Waals surface area (Å²) in [7, 11) is 0. The largest absolute Gasteiger partial charge is 0.458 e. The van der Waals surface area contributed by atoms with E-state index in [0.29, 0.717) is 17.4 Å². The number of allylic oxidation sites excluding steroid dienone is 2. The van der Waals surface area contributed by atoms with Crippen LogP contribution < -0.4 is 0 Å². The number of carbonyl (C=O) groups is 1. The first-order chi connectivity index (χ1) is 10.4. The Bertz CT molecular complexity index is 530. The summed E-state index contributed by atoms with van der Waals surface area (Å²) in [5, 5.41) is 0. The second kappa shape index (κ2) is 5.54. The number of carbonyl (C=O) groups excluding carboxylic acids is 1. The highest BCUT2D eigenvalue weighted by Crippen LogP contribution is 2.61. The van der Waals surface area contributed by atoms with Gasteiger partial charge in [-0.1, -0.05) is 32.4 Å². The fourth-order valence-electron chi connectivity index (χ4n) is 5.32. The van der Waals surface area contributed by atoms with Crippen molar-refractivity contribution in [2.75, 3.05) is 6.61 Å². The number of fused-ring (bicyclic) bond motifs is 1. The maximum atomic E-state index is 11.3. The van der Waals surface area contributed by atoms with Crippen molar-refractivity contribution in [1.29, 1.82) is 0 Å². The number of ether oxygens (including phenoxy) is 1. The Morgan fingerprint density at radius 3 is 2.77 bits per heavy atom. The predicted molar refractivity (Wildman–Crippen MR) is 89.4 cm³/mol. The molecule has 1 aliphatic heterocycles.